The van der Waals surface area contributed by atoms with Gasteiger partial charge >= 0.3 is 5.97 Å². The minimum atomic E-state index is -0.138. The molecule has 4 atom stereocenters. The molecule has 2 heterocycles. The average molecular weight is 328 g/mol. The van der Waals surface area contributed by atoms with Crippen molar-refractivity contribution < 1.29 is 9.53 Å². The minimum absolute atomic E-state index is 0.105. The van der Waals surface area contributed by atoms with Crippen LogP contribution in [0.2, 0.25) is 10.0 Å². The van der Waals surface area contributed by atoms with Crippen molar-refractivity contribution >= 4 is 29.2 Å². The van der Waals surface area contributed by atoms with E-state index in [9.17, 15) is 4.79 Å². The number of hydrogen-bond acceptors (Lipinski definition) is 3. The Labute approximate surface area is 135 Å². The van der Waals surface area contributed by atoms with Crippen LogP contribution >= 0.6 is 23.2 Å². The van der Waals surface area contributed by atoms with Crippen LogP contribution in [0.25, 0.3) is 0 Å². The number of esters is 1. The van der Waals surface area contributed by atoms with Crippen LogP contribution in [0, 0.1) is 5.92 Å². The Kier molecular flexibility index (Phi) is 4.43. The quantitative estimate of drug-likeness (QED) is 0.858. The lowest BCUT2D eigenvalue weighted by Gasteiger charge is -2.36. The predicted octanol–water partition coefficient (Wildman–Crippen LogP) is 3.78. The fraction of sp³-hybridized carbons (Fsp3) is 0.562. The SMILES string of the molecule is CCOC(=O)[C@@H]1[C@@H](c2ccc(Cl)c(Cl)c2)C[C@@H]2CC[C@H]1N2. The molecule has 0 amide bonds. The van der Waals surface area contributed by atoms with Gasteiger partial charge in [0, 0.05) is 18.0 Å². The van der Waals surface area contributed by atoms with E-state index >= 15 is 0 Å². The summed E-state index contributed by atoms with van der Waals surface area (Å²) in [5.41, 5.74) is 1.08. The summed E-state index contributed by atoms with van der Waals surface area (Å²) >= 11 is 12.1. The summed E-state index contributed by atoms with van der Waals surface area (Å²) < 4.78 is 5.30. The summed E-state index contributed by atoms with van der Waals surface area (Å²) in [7, 11) is 0. The molecule has 114 valence electrons. The lowest BCUT2D eigenvalue weighted by Crippen LogP contribution is -2.48. The van der Waals surface area contributed by atoms with Crippen molar-refractivity contribution in [3.05, 3.63) is 33.8 Å². The van der Waals surface area contributed by atoms with Gasteiger partial charge in [0.05, 0.1) is 22.6 Å². The van der Waals surface area contributed by atoms with E-state index in [0.29, 0.717) is 22.7 Å². The van der Waals surface area contributed by atoms with Crippen LogP contribution in [0.4, 0.5) is 0 Å². The van der Waals surface area contributed by atoms with E-state index in [2.05, 4.69) is 5.32 Å². The number of fused-ring (bicyclic) bond motifs is 2. The van der Waals surface area contributed by atoms with Gasteiger partial charge in [-0.3, -0.25) is 4.79 Å². The van der Waals surface area contributed by atoms with Gasteiger partial charge in [-0.1, -0.05) is 29.3 Å². The van der Waals surface area contributed by atoms with E-state index in [4.69, 9.17) is 27.9 Å². The van der Waals surface area contributed by atoms with Gasteiger partial charge in [-0.2, -0.15) is 0 Å². The summed E-state index contributed by atoms with van der Waals surface area (Å²) in [6.07, 6.45) is 3.10. The summed E-state index contributed by atoms with van der Waals surface area (Å²) in [6, 6.07) is 6.38. The number of rotatable bonds is 3. The summed E-state index contributed by atoms with van der Waals surface area (Å²) in [6.45, 7) is 2.26. The maximum Gasteiger partial charge on any atom is 0.311 e. The van der Waals surface area contributed by atoms with Gasteiger partial charge in [0.1, 0.15) is 0 Å². The van der Waals surface area contributed by atoms with Crippen molar-refractivity contribution in [2.24, 2.45) is 5.92 Å². The lowest BCUT2D eigenvalue weighted by molar-refractivity contribution is -0.150. The maximum atomic E-state index is 12.4. The smallest absolute Gasteiger partial charge is 0.311 e. The number of piperidine rings is 1. The van der Waals surface area contributed by atoms with E-state index in [1.165, 1.54) is 0 Å². The molecule has 2 fully saturated rings. The van der Waals surface area contributed by atoms with Crippen LogP contribution < -0.4 is 5.32 Å². The molecule has 1 aromatic carbocycles. The van der Waals surface area contributed by atoms with E-state index in [-0.39, 0.29) is 23.8 Å². The Morgan fingerprint density at radius 2 is 2.14 bits per heavy atom. The number of nitrogens with one attached hydrogen (secondary N) is 1. The fourth-order valence-corrected chi connectivity index (χ4v) is 4.01. The molecule has 2 bridgehead atoms. The van der Waals surface area contributed by atoms with Gasteiger partial charge in [0.15, 0.2) is 0 Å². The predicted molar refractivity (Wildman–Crippen MR) is 83.9 cm³/mol. The number of carbonyl (C=O) groups excluding carboxylic acids is 1. The lowest BCUT2D eigenvalue weighted by atomic mass is 9.77. The first-order valence-electron chi connectivity index (χ1n) is 7.47. The van der Waals surface area contributed by atoms with Gasteiger partial charge < -0.3 is 10.1 Å². The van der Waals surface area contributed by atoms with Gasteiger partial charge in [0.25, 0.3) is 0 Å². The Hall–Kier alpha value is -0.770. The number of halogens is 2. The van der Waals surface area contributed by atoms with Crippen LogP contribution in [0.5, 0.6) is 0 Å². The number of carbonyl (C=O) groups is 1. The van der Waals surface area contributed by atoms with E-state index in [0.717, 1.165) is 24.8 Å². The molecule has 2 saturated heterocycles. The normalized spacial score (nSPS) is 31.2. The summed E-state index contributed by atoms with van der Waals surface area (Å²) in [5, 5.41) is 4.64. The molecule has 5 heteroatoms. The van der Waals surface area contributed by atoms with Crippen LogP contribution in [-0.2, 0) is 9.53 Å². The molecule has 0 saturated carbocycles. The molecule has 0 spiro atoms. The highest BCUT2D eigenvalue weighted by molar-refractivity contribution is 6.42. The number of ether oxygens (including phenoxy) is 1. The first-order chi connectivity index (χ1) is 10.1. The van der Waals surface area contributed by atoms with Crippen molar-refractivity contribution in [2.45, 2.75) is 44.2 Å². The second-order valence-corrected chi connectivity index (χ2v) is 6.66. The van der Waals surface area contributed by atoms with Crippen LogP contribution in [0.3, 0.4) is 0 Å². The van der Waals surface area contributed by atoms with Gasteiger partial charge in [-0.15, -0.1) is 0 Å². The number of benzene rings is 1. The molecule has 3 rings (SSSR count). The van der Waals surface area contributed by atoms with Gasteiger partial charge in [-0.05, 0) is 43.9 Å². The zero-order valence-electron chi connectivity index (χ0n) is 11.9. The molecule has 0 aliphatic carbocycles. The molecule has 0 aromatic heterocycles. The monoisotopic (exact) mass is 327 g/mol. The zero-order valence-corrected chi connectivity index (χ0v) is 13.5. The molecule has 3 nitrogen and oxygen atoms in total. The standard InChI is InChI=1S/C16H19Cl2NO2/c1-2-21-16(20)15-11(8-10-4-6-14(15)19-10)9-3-5-12(17)13(18)7-9/h3,5,7,10-11,14-15,19H,2,4,6,8H2,1H3/t10-,11+,14+,15+/m0/s1. The second-order valence-electron chi connectivity index (χ2n) is 5.84. The van der Waals surface area contributed by atoms with Crippen LogP contribution in [-0.4, -0.2) is 24.7 Å². The molecular formula is C16H19Cl2NO2. The third-order valence-electron chi connectivity index (χ3n) is 4.61. The van der Waals surface area contributed by atoms with Gasteiger partial charge in [0.2, 0.25) is 0 Å². The van der Waals surface area contributed by atoms with Crippen LogP contribution in [0.15, 0.2) is 18.2 Å². The molecule has 1 N–H and O–H groups in total. The van der Waals surface area contributed by atoms with E-state index < -0.39 is 0 Å². The molecule has 1 aromatic rings. The average Bonchev–Trinajstić information content (AvgIpc) is 2.83. The van der Waals surface area contributed by atoms with Crippen molar-refractivity contribution in [1.82, 2.24) is 5.32 Å². The van der Waals surface area contributed by atoms with Gasteiger partial charge in [-0.25, -0.2) is 0 Å². The minimum Gasteiger partial charge on any atom is -0.466 e. The molecule has 2 aliphatic rings. The highest BCUT2D eigenvalue weighted by Crippen LogP contribution is 2.43. The van der Waals surface area contributed by atoms with Crippen molar-refractivity contribution in [2.75, 3.05) is 6.61 Å². The highest BCUT2D eigenvalue weighted by atomic mass is 35.5. The number of hydrogen-bond donors (Lipinski definition) is 1. The van der Waals surface area contributed by atoms with E-state index in [1.807, 2.05) is 25.1 Å². The molecular weight excluding hydrogens is 309 g/mol. The zero-order chi connectivity index (χ0) is 15.0. The first kappa shape index (κ1) is 15.1. The molecule has 0 radical (unpaired) electrons. The largest absolute Gasteiger partial charge is 0.466 e. The van der Waals surface area contributed by atoms with Crippen LogP contribution in [0.1, 0.15) is 37.7 Å². The Bertz CT molecular complexity index is 549. The first-order valence-corrected chi connectivity index (χ1v) is 8.23. The third-order valence-corrected chi connectivity index (χ3v) is 5.35. The Balaban J connectivity index is 1.93. The van der Waals surface area contributed by atoms with Crippen molar-refractivity contribution in [3.8, 4) is 0 Å². The van der Waals surface area contributed by atoms with E-state index in [1.54, 1.807) is 0 Å². The summed E-state index contributed by atoms with van der Waals surface area (Å²) in [4.78, 5) is 12.4. The molecule has 0 unspecified atom stereocenters. The summed E-state index contributed by atoms with van der Waals surface area (Å²) in [5.74, 6) is -0.0927. The second kappa shape index (κ2) is 6.15. The van der Waals surface area contributed by atoms with Crippen molar-refractivity contribution in [3.63, 3.8) is 0 Å². The topological polar surface area (TPSA) is 38.3 Å². The maximum absolute atomic E-state index is 12.4. The van der Waals surface area contributed by atoms with Crippen molar-refractivity contribution in [1.29, 1.82) is 0 Å². The molecule has 2 aliphatic heterocycles. The highest BCUT2D eigenvalue weighted by Gasteiger charge is 2.46. The Morgan fingerprint density at radius 3 is 2.86 bits per heavy atom. The Morgan fingerprint density at radius 1 is 1.33 bits per heavy atom. The fourth-order valence-electron chi connectivity index (χ4n) is 3.71. The third kappa shape index (κ3) is 2.92. The molecule has 21 heavy (non-hydrogen) atoms.